The second-order valence-electron chi connectivity index (χ2n) is 2.16. The van der Waals surface area contributed by atoms with Crippen molar-refractivity contribution in [1.29, 1.82) is 0 Å². The number of carbonyl (C=O) groups excluding carboxylic acids is 1. The Labute approximate surface area is 87.4 Å². The maximum atomic E-state index is 11.0. The van der Waals surface area contributed by atoms with Crippen LogP contribution in [0.4, 0.5) is 4.79 Å². The van der Waals surface area contributed by atoms with E-state index in [2.05, 4.69) is 11.3 Å². The quantitative estimate of drug-likeness (QED) is 0.727. The number of halogens is 1. The Hall–Kier alpha value is -0.790. The smallest absolute Gasteiger partial charge is 0.421 e. The van der Waals surface area contributed by atoms with Gasteiger partial charge >= 0.3 is 16.3 Å². The van der Waals surface area contributed by atoms with Crippen molar-refractivity contribution in [1.82, 2.24) is 9.44 Å². The van der Waals surface area contributed by atoms with Gasteiger partial charge in [-0.15, -0.1) is 0 Å². The van der Waals surface area contributed by atoms with Crippen LogP contribution < -0.4 is 9.44 Å². The van der Waals surface area contributed by atoms with Gasteiger partial charge in [-0.1, -0.05) is 18.2 Å². The Bertz CT molecular complexity index is 314. The summed E-state index contributed by atoms with van der Waals surface area (Å²) in [4.78, 5) is 10.7. The van der Waals surface area contributed by atoms with E-state index in [1.165, 1.54) is 0 Å². The minimum Gasteiger partial charge on any atom is -0.449 e. The highest BCUT2D eigenvalue weighted by atomic mass is 35.5. The first-order chi connectivity index (χ1) is 6.37. The van der Waals surface area contributed by atoms with E-state index in [1.54, 1.807) is 11.6 Å². The van der Waals surface area contributed by atoms with Gasteiger partial charge in [0.15, 0.2) is 0 Å². The fourth-order valence-electron chi connectivity index (χ4n) is 0.480. The normalized spacial score (nSPS) is 10.7. The van der Waals surface area contributed by atoms with Gasteiger partial charge in [-0.3, -0.25) is 0 Å². The molecule has 0 heterocycles. The zero-order chi connectivity index (χ0) is 11.2. The lowest BCUT2D eigenvalue weighted by atomic mass is 10.7. The van der Waals surface area contributed by atoms with Crippen LogP contribution in [0.3, 0.4) is 0 Å². The van der Waals surface area contributed by atoms with Gasteiger partial charge in [-0.25, -0.2) is 9.52 Å². The van der Waals surface area contributed by atoms with E-state index in [-0.39, 0.29) is 18.2 Å². The summed E-state index contributed by atoms with van der Waals surface area (Å²) in [5.41, 5.74) is 0. The molecule has 1 amide bonds. The van der Waals surface area contributed by atoms with Gasteiger partial charge in [0.25, 0.3) is 0 Å². The van der Waals surface area contributed by atoms with Gasteiger partial charge in [-0.2, -0.15) is 13.1 Å². The molecule has 82 valence electrons. The molecule has 0 aromatic heterocycles. The maximum Gasteiger partial charge on any atom is 0.421 e. The summed E-state index contributed by atoms with van der Waals surface area (Å²) in [6.45, 7) is 4.75. The van der Waals surface area contributed by atoms with Gasteiger partial charge in [0.2, 0.25) is 0 Å². The van der Waals surface area contributed by atoms with Crippen LogP contribution in [0, 0.1) is 0 Å². The van der Waals surface area contributed by atoms with Crippen LogP contribution in [0.15, 0.2) is 11.6 Å². The topological polar surface area (TPSA) is 84.5 Å². The third kappa shape index (κ3) is 6.70. The maximum absolute atomic E-state index is 11.0. The minimum absolute atomic E-state index is 0.0869. The van der Waals surface area contributed by atoms with Crippen LogP contribution in [0.5, 0.6) is 0 Å². The third-order valence-electron chi connectivity index (χ3n) is 0.947. The average molecular weight is 243 g/mol. The monoisotopic (exact) mass is 242 g/mol. The molecule has 0 atom stereocenters. The van der Waals surface area contributed by atoms with Crippen LogP contribution in [-0.4, -0.2) is 27.7 Å². The molecule has 8 heteroatoms. The summed E-state index contributed by atoms with van der Waals surface area (Å²) >= 11 is 5.32. The molecule has 6 nitrogen and oxygen atoms in total. The highest BCUT2D eigenvalue weighted by Gasteiger charge is 2.13. The number of nitrogens with one attached hydrogen (secondary N) is 2. The predicted molar refractivity (Wildman–Crippen MR) is 52.1 cm³/mol. The van der Waals surface area contributed by atoms with Gasteiger partial charge in [-0.05, 0) is 6.92 Å². The van der Waals surface area contributed by atoms with E-state index in [4.69, 9.17) is 11.6 Å². The van der Waals surface area contributed by atoms with Crippen LogP contribution in [0.25, 0.3) is 0 Å². The number of hydrogen-bond acceptors (Lipinski definition) is 4. The molecule has 0 radical (unpaired) electrons. The molecule has 0 unspecified atom stereocenters. The molecule has 0 spiro atoms. The van der Waals surface area contributed by atoms with E-state index >= 15 is 0 Å². The second kappa shape index (κ2) is 5.84. The fourth-order valence-corrected chi connectivity index (χ4v) is 1.34. The number of ether oxygens (including phenoxy) is 1. The molecule has 14 heavy (non-hydrogen) atoms. The first-order valence-corrected chi connectivity index (χ1v) is 5.51. The Morgan fingerprint density at radius 2 is 2.14 bits per heavy atom. The van der Waals surface area contributed by atoms with Crippen molar-refractivity contribution in [2.75, 3.05) is 13.2 Å². The molecule has 0 rings (SSSR count). The molecular weight excluding hydrogens is 232 g/mol. The molecule has 0 fully saturated rings. The third-order valence-corrected chi connectivity index (χ3v) is 2.04. The van der Waals surface area contributed by atoms with E-state index in [9.17, 15) is 13.2 Å². The molecule has 0 aliphatic heterocycles. The summed E-state index contributed by atoms with van der Waals surface area (Å²) in [6.07, 6.45) is -1.04. The average Bonchev–Trinajstić information content (AvgIpc) is 2.00. The van der Waals surface area contributed by atoms with E-state index in [0.717, 1.165) is 0 Å². The second-order valence-corrected chi connectivity index (χ2v) is 4.20. The van der Waals surface area contributed by atoms with Crippen molar-refractivity contribution in [3.63, 3.8) is 0 Å². The molecule has 0 saturated carbocycles. The van der Waals surface area contributed by atoms with Crippen molar-refractivity contribution >= 4 is 27.9 Å². The molecule has 0 aliphatic carbocycles. The van der Waals surface area contributed by atoms with E-state index in [1.807, 2.05) is 4.72 Å². The van der Waals surface area contributed by atoms with Gasteiger partial charge < -0.3 is 4.74 Å². The molecule has 0 saturated heterocycles. The first kappa shape index (κ1) is 13.2. The summed E-state index contributed by atoms with van der Waals surface area (Å²) < 4.78 is 29.9. The molecular formula is C6H11ClN2O4S. The number of amides is 1. The summed E-state index contributed by atoms with van der Waals surface area (Å²) in [7, 11) is -3.92. The lowest BCUT2D eigenvalue weighted by molar-refractivity contribution is 0.158. The zero-order valence-electron chi connectivity index (χ0n) is 7.54. The zero-order valence-corrected chi connectivity index (χ0v) is 9.11. The van der Waals surface area contributed by atoms with Crippen LogP contribution in [-0.2, 0) is 14.9 Å². The Balaban J connectivity index is 4.08. The highest BCUT2D eigenvalue weighted by Crippen LogP contribution is 1.93. The molecule has 0 aromatic rings. The number of rotatable bonds is 5. The van der Waals surface area contributed by atoms with Crippen molar-refractivity contribution in [2.45, 2.75) is 6.92 Å². The van der Waals surface area contributed by atoms with Gasteiger partial charge in [0, 0.05) is 11.6 Å². The van der Waals surface area contributed by atoms with Crippen LogP contribution >= 0.6 is 11.6 Å². The molecule has 0 bridgehead atoms. The Morgan fingerprint density at radius 3 is 2.57 bits per heavy atom. The summed E-state index contributed by atoms with van der Waals surface area (Å²) in [5, 5.41) is 0.110. The minimum atomic E-state index is -3.92. The van der Waals surface area contributed by atoms with E-state index < -0.39 is 16.3 Å². The fraction of sp³-hybridized carbons (Fsp3) is 0.500. The van der Waals surface area contributed by atoms with Gasteiger partial charge in [0.1, 0.15) is 0 Å². The Kier molecular flexibility index (Phi) is 5.51. The molecule has 0 aliphatic rings. The van der Waals surface area contributed by atoms with Crippen LogP contribution in [0.1, 0.15) is 6.92 Å². The lowest BCUT2D eigenvalue weighted by Gasteiger charge is -2.06. The Morgan fingerprint density at radius 1 is 1.57 bits per heavy atom. The van der Waals surface area contributed by atoms with Crippen molar-refractivity contribution in [3.8, 4) is 0 Å². The lowest BCUT2D eigenvalue weighted by Crippen LogP contribution is -2.40. The SMILES string of the molecule is C=C(Cl)CNS(=O)(=O)NC(=O)OCC. The standard InChI is InChI=1S/C6H11ClN2O4S/c1-3-13-6(10)9-14(11,12)8-4-5(2)7/h8H,2-4H2,1H3,(H,9,10). The molecule has 2 N–H and O–H groups in total. The predicted octanol–water partition coefficient (Wildman–Crippen LogP) is 0.319. The summed E-state index contributed by atoms with van der Waals surface area (Å²) in [6, 6.07) is 0. The largest absolute Gasteiger partial charge is 0.449 e. The van der Waals surface area contributed by atoms with Crippen molar-refractivity contribution in [2.24, 2.45) is 0 Å². The first-order valence-electron chi connectivity index (χ1n) is 3.65. The van der Waals surface area contributed by atoms with Crippen LogP contribution in [0.2, 0.25) is 0 Å². The highest BCUT2D eigenvalue weighted by molar-refractivity contribution is 7.88. The summed E-state index contributed by atoms with van der Waals surface area (Å²) in [5.74, 6) is 0. The van der Waals surface area contributed by atoms with Crippen molar-refractivity contribution in [3.05, 3.63) is 11.6 Å². The molecule has 0 aromatic carbocycles. The van der Waals surface area contributed by atoms with Gasteiger partial charge in [0.05, 0.1) is 6.61 Å². The number of hydrogen-bond donors (Lipinski definition) is 2. The number of carbonyl (C=O) groups is 1. The van der Waals surface area contributed by atoms with E-state index in [0.29, 0.717) is 0 Å². The van der Waals surface area contributed by atoms with Crippen molar-refractivity contribution < 1.29 is 17.9 Å².